The molecular formula is C17H16FN5O2. The highest BCUT2D eigenvalue weighted by Crippen LogP contribution is 2.16. The molecule has 3 rings (SSSR count). The molecule has 0 aliphatic heterocycles. The quantitative estimate of drug-likeness (QED) is 0.761. The Morgan fingerprint density at radius 2 is 1.96 bits per heavy atom. The van der Waals surface area contributed by atoms with Crippen molar-refractivity contribution in [2.24, 2.45) is 0 Å². The zero-order valence-electron chi connectivity index (χ0n) is 13.7. The van der Waals surface area contributed by atoms with Crippen LogP contribution in [0.2, 0.25) is 0 Å². The van der Waals surface area contributed by atoms with Gasteiger partial charge >= 0.3 is 0 Å². The first kappa shape index (κ1) is 16.6. The van der Waals surface area contributed by atoms with Crippen LogP contribution in [0.4, 0.5) is 10.2 Å². The summed E-state index contributed by atoms with van der Waals surface area (Å²) >= 11 is 0. The number of hydrogen-bond acceptors (Lipinski definition) is 4. The molecule has 128 valence electrons. The van der Waals surface area contributed by atoms with Crippen LogP contribution in [0.1, 0.15) is 28.7 Å². The second-order valence-corrected chi connectivity index (χ2v) is 5.43. The van der Waals surface area contributed by atoms with Gasteiger partial charge in [0.2, 0.25) is 0 Å². The molecule has 1 amide bonds. The maximum absolute atomic E-state index is 13.0. The lowest BCUT2D eigenvalue weighted by atomic mass is 10.2. The second kappa shape index (κ2) is 6.68. The Hall–Kier alpha value is -3.29. The van der Waals surface area contributed by atoms with Crippen LogP contribution >= 0.6 is 0 Å². The predicted octanol–water partition coefficient (Wildman–Crippen LogP) is 2.22. The molecule has 2 heterocycles. The number of benzene rings is 1. The Morgan fingerprint density at radius 1 is 1.24 bits per heavy atom. The van der Waals surface area contributed by atoms with Crippen LogP contribution in [-0.2, 0) is 6.42 Å². The monoisotopic (exact) mass is 341 g/mol. The van der Waals surface area contributed by atoms with E-state index in [4.69, 9.17) is 0 Å². The smallest absolute Gasteiger partial charge is 0.277 e. The molecule has 0 fully saturated rings. The molecule has 2 N–H and O–H groups in total. The maximum Gasteiger partial charge on any atom is 0.277 e. The zero-order valence-corrected chi connectivity index (χ0v) is 13.7. The minimum absolute atomic E-state index is 0.0457. The lowest BCUT2D eigenvalue weighted by molar-refractivity contribution is 0.102. The molecule has 2 aromatic heterocycles. The third-order valence-corrected chi connectivity index (χ3v) is 3.80. The molecule has 0 aliphatic carbocycles. The molecular weight excluding hydrogens is 325 g/mol. The van der Waals surface area contributed by atoms with Gasteiger partial charge in [-0.05, 0) is 43.7 Å². The topological polar surface area (TPSA) is 92.7 Å². The normalized spacial score (nSPS) is 10.7. The van der Waals surface area contributed by atoms with Gasteiger partial charge in [0.25, 0.3) is 11.5 Å². The molecule has 0 radical (unpaired) electrons. The third kappa shape index (κ3) is 3.32. The summed E-state index contributed by atoms with van der Waals surface area (Å²) in [6.07, 6.45) is 0.766. The summed E-state index contributed by atoms with van der Waals surface area (Å²) < 4.78 is 14.1. The highest BCUT2D eigenvalue weighted by molar-refractivity contribution is 6.02. The van der Waals surface area contributed by atoms with E-state index in [1.807, 2.05) is 13.8 Å². The van der Waals surface area contributed by atoms with E-state index in [0.717, 1.165) is 22.4 Å². The average molecular weight is 341 g/mol. The fourth-order valence-corrected chi connectivity index (χ4v) is 2.37. The molecule has 0 unspecified atom stereocenters. The van der Waals surface area contributed by atoms with Crippen molar-refractivity contribution in [1.82, 2.24) is 20.0 Å². The Labute approximate surface area is 142 Å². The summed E-state index contributed by atoms with van der Waals surface area (Å²) in [6, 6.07) is 7.83. The van der Waals surface area contributed by atoms with Gasteiger partial charge in [0.05, 0.1) is 5.69 Å². The fourth-order valence-electron chi connectivity index (χ4n) is 2.37. The van der Waals surface area contributed by atoms with E-state index in [-0.39, 0.29) is 5.69 Å². The SMILES string of the molecule is CCc1[nH]nc(NC(=O)c2ccc(=O)n(-c3ccc(F)cc3)n2)c1C. The fraction of sp³-hybridized carbons (Fsp3) is 0.176. The number of hydrogen-bond donors (Lipinski definition) is 2. The molecule has 3 aromatic rings. The standard InChI is InChI=1S/C17H16FN5O2/c1-3-13-10(2)16(21-20-13)19-17(25)14-8-9-15(24)23(22-14)12-6-4-11(18)5-7-12/h4-9H,3H2,1-2H3,(H2,19,20,21,25). The number of nitrogens with one attached hydrogen (secondary N) is 2. The number of aryl methyl sites for hydroxylation is 1. The highest BCUT2D eigenvalue weighted by Gasteiger charge is 2.15. The van der Waals surface area contributed by atoms with Crippen LogP contribution < -0.4 is 10.9 Å². The van der Waals surface area contributed by atoms with E-state index >= 15 is 0 Å². The molecule has 0 aliphatic rings. The van der Waals surface area contributed by atoms with Gasteiger partial charge in [-0.2, -0.15) is 14.9 Å². The van der Waals surface area contributed by atoms with Gasteiger partial charge in [-0.3, -0.25) is 14.7 Å². The van der Waals surface area contributed by atoms with Crippen LogP contribution in [0.5, 0.6) is 0 Å². The first-order valence-corrected chi connectivity index (χ1v) is 7.71. The van der Waals surface area contributed by atoms with E-state index in [2.05, 4.69) is 20.6 Å². The van der Waals surface area contributed by atoms with E-state index in [1.54, 1.807) is 0 Å². The van der Waals surface area contributed by atoms with Crippen molar-refractivity contribution in [3.63, 3.8) is 0 Å². The van der Waals surface area contributed by atoms with Gasteiger partial charge in [0.15, 0.2) is 5.82 Å². The first-order valence-electron chi connectivity index (χ1n) is 7.71. The van der Waals surface area contributed by atoms with Crippen molar-refractivity contribution in [2.75, 3.05) is 5.32 Å². The number of aromatic nitrogens is 4. The van der Waals surface area contributed by atoms with Crippen LogP contribution in [0.25, 0.3) is 5.69 Å². The molecule has 1 aromatic carbocycles. The van der Waals surface area contributed by atoms with Crippen molar-refractivity contribution < 1.29 is 9.18 Å². The van der Waals surface area contributed by atoms with Gasteiger partial charge in [-0.15, -0.1) is 0 Å². The maximum atomic E-state index is 13.0. The third-order valence-electron chi connectivity index (χ3n) is 3.80. The number of amides is 1. The number of carbonyl (C=O) groups is 1. The van der Waals surface area contributed by atoms with Gasteiger partial charge in [0, 0.05) is 17.3 Å². The first-order chi connectivity index (χ1) is 12.0. The van der Waals surface area contributed by atoms with Crippen LogP contribution in [0.15, 0.2) is 41.2 Å². The van der Waals surface area contributed by atoms with Crippen LogP contribution in [0, 0.1) is 12.7 Å². The van der Waals surface area contributed by atoms with E-state index in [9.17, 15) is 14.0 Å². The van der Waals surface area contributed by atoms with E-state index < -0.39 is 17.3 Å². The van der Waals surface area contributed by atoms with Gasteiger partial charge in [-0.1, -0.05) is 6.92 Å². The lowest BCUT2D eigenvalue weighted by Crippen LogP contribution is -2.25. The zero-order chi connectivity index (χ0) is 18.0. The number of anilines is 1. The number of rotatable bonds is 4. The summed E-state index contributed by atoms with van der Waals surface area (Å²) in [4.78, 5) is 24.4. The predicted molar refractivity (Wildman–Crippen MR) is 90.4 cm³/mol. The Balaban J connectivity index is 1.91. The number of carbonyl (C=O) groups excluding carboxylic acids is 1. The molecule has 0 spiro atoms. The molecule has 0 saturated heterocycles. The number of halogens is 1. The van der Waals surface area contributed by atoms with Crippen molar-refractivity contribution in [2.45, 2.75) is 20.3 Å². The summed E-state index contributed by atoms with van der Waals surface area (Å²) in [6.45, 7) is 3.83. The lowest BCUT2D eigenvalue weighted by Gasteiger charge is -2.07. The van der Waals surface area contributed by atoms with Crippen LogP contribution in [0.3, 0.4) is 0 Å². The summed E-state index contributed by atoms with van der Waals surface area (Å²) in [5, 5.41) is 13.6. The van der Waals surface area contributed by atoms with Crippen molar-refractivity contribution in [1.29, 1.82) is 0 Å². The van der Waals surface area contributed by atoms with Crippen molar-refractivity contribution in [3.8, 4) is 5.69 Å². The molecule has 0 saturated carbocycles. The molecule has 0 atom stereocenters. The van der Waals surface area contributed by atoms with Gasteiger partial charge in [0.1, 0.15) is 11.5 Å². The van der Waals surface area contributed by atoms with Crippen molar-refractivity contribution >= 4 is 11.7 Å². The highest BCUT2D eigenvalue weighted by atomic mass is 19.1. The largest absolute Gasteiger partial charge is 0.303 e. The minimum atomic E-state index is -0.492. The Kier molecular flexibility index (Phi) is 4.42. The van der Waals surface area contributed by atoms with E-state index in [1.165, 1.54) is 36.4 Å². The second-order valence-electron chi connectivity index (χ2n) is 5.43. The number of H-pyrrole nitrogens is 1. The summed E-state index contributed by atoms with van der Waals surface area (Å²) in [7, 11) is 0. The van der Waals surface area contributed by atoms with Crippen molar-refractivity contribution in [3.05, 3.63) is 69.5 Å². The van der Waals surface area contributed by atoms with Gasteiger partial charge < -0.3 is 5.32 Å². The Morgan fingerprint density at radius 3 is 2.60 bits per heavy atom. The summed E-state index contributed by atoms with van der Waals surface area (Å²) in [5.74, 6) is -0.497. The molecule has 25 heavy (non-hydrogen) atoms. The molecule has 0 bridgehead atoms. The van der Waals surface area contributed by atoms with Crippen LogP contribution in [-0.4, -0.2) is 25.9 Å². The van der Waals surface area contributed by atoms with Gasteiger partial charge in [-0.25, -0.2) is 4.39 Å². The Bertz CT molecular complexity index is 975. The number of nitrogens with zero attached hydrogens (tertiary/aromatic N) is 3. The summed E-state index contributed by atoms with van der Waals surface area (Å²) in [5.41, 5.74) is 1.77. The molecule has 8 heteroatoms. The van der Waals surface area contributed by atoms with E-state index in [0.29, 0.717) is 11.5 Å². The average Bonchev–Trinajstić information content (AvgIpc) is 2.96. The number of aromatic amines is 1. The molecule has 7 nitrogen and oxygen atoms in total. The minimum Gasteiger partial charge on any atom is -0.303 e.